The molecule has 3 rings (SSSR count). The lowest BCUT2D eigenvalue weighted by Crippen LogP contribution is -2.36. The fourth-order valence-corrected chi connectivity index (χ4v) is 3.12. The van der Waals surface area contributed by atoms with E-state index in [0.29, 0.717) is 12.2 Å². The Kier molecular flexibility index (Phi) is 6.58. The van der Waals surface area contributed by atoms with E-state index in [-0.39, 0.29) is 29.6 Å². The van der Waals surface area contributed by atoms with Crippen molar-refractivity contribution in [2.24, 2.45) is 5.92 Å². The van der Waals surface area contributed by atoms with Gasteiger partial charge in [0.25, 0.3) is 11.8 Å². The Bertz CT molecular complexity index is 1170. The second-order valence-corrected chi connectivity index (χ2v) is 8.45. The quantitative estimate of drug-likeness (QED) is 0.611. The van der Waals surface area contributed by atoms with E-state index < -0.39 is 17.2 Å². The van der Waals surface area contributed by atoms with Crippen molar-refractivity contribution in [1.82, 2.24) is 24.6 Å². The maximum atomic E-state index is 12.9. The number of aryl methyl sites for hydroxylation is 1. The Balaban J connectivity index is 1.84. The van der Waals surface area contributed by atoms with E-state index in [4.69, 9.17) is 0 Å². The van der Waals surface area contributed by atoms with E-state index in [1.54, 1.807) is 4.57 Å². The van der Waals surface area contributed by atoms with Crippen molar-refractivity contribution >= 4 is 17.5 Å². The number of aromatic nitrogens is 3. The minimum atomic E-state index is -0.582. The lowest BCUT2D eigenvalue weighted by atomic mass is 10.1. The molecule has 0 fully saturated rings. The van der Waals surface area contributed by atoms with Crippen LogP contribution in [0.4, 0.5) is 0 Å². The predicted molar refractivity (Wildman–Crippen MR) is 119 cm³/mol. The minimum Gasteiger partial charge on any atom is -0.352 e. The molecule has 0 atom stereocenters. The summed E-state index contributed by atoms with van der Waals surface area (Å²) in [6, 6.07) is 3.85. The molecule has 0 spiro atoms. The molecule has 2 N–H and O–H groups in total. The van der Waals surface area contributed by atoms with Gasteiger partial charge in [-0.1, -0.05) is 19.9 Å². The third-order valence-electron chi connectivity index (χ3n) is 4.88. The highest BCUT2D eigenvalue weighted by Gasteiger charge is 2.20. The number of pyridine rings is 2. The third-order valence-corrected chi connectivity index (χ3v) is 4.88. The summed E-state index contributed by atoms with van der Waals surface area (Å²) in [5.74, 6) is -0.762. The topological polar surface area (TPSA) is 97.5 Å². The van der Waals surface area contributed by atoms with E-state index in [1.807, 2.05) is 63.5 Å². The van der Waals surface area contributed by atoms with Gasteiger partial charge < -0.3 is 19.6 Å². The number of amides is 2. The first-order valence-corrected chi connectivity index (χ1v) is 10.4. The summed E-state index contributed by atoms with van der Waals surface area (Å²) in [6.45, 7) is 10.4. The number of carbonyl (C=O) groups excluding carboxylic acids is 2. The number of nitrogens with zero attached hydrogens (tertiary/aromatic N) is 3. The van der Waals surface area contributed by atoms with Crippen LogP contribution in [-0.2, 0) is 6.54 Å². The van der Waals surface area contributed by atoms with Crippen LogP contribution in [0, 0.1) is 12.8 Å². The van der Waals surface area contributed by atoms with Crippen LogP contribution in [0.1, 0.15) is 65.7 Å². The smallest absolute Gasteiger partial charge is 0.257 e. The van der Waals surface area contributed by atoms with Crippen LogP contribution in [0.3, 0.4) is 0 Å². The van der Waals surface area contributed by atoms with Crippen LogP contribution in [-0.4, -0.2) is 32.3 Å². The van der Waals surface area contributed by atoms with Gasteiger partial charge in [-0.25, -0.2) is 4.98 Å². The molecule has 3 heterocycles. The molecule has 0 radical (unpaired) electrons. The number of hydrogen-bond acceptors (Lipinski definition) is 4. The number of carbonyl (C=O) groups is 2. The fraction of sp³-hybridized carbons (Fsp3) is 0.391. The predicted octanol–water partition coefficient (Wildman–Crippen LogP) is 2.70. The molecule has 0 aliphatic carbocycles. The van der Waals surface area contributed by atoms with Crippen molar-refractivity contribution in [1.29, 1.82) is 0 Å². The summed E-state index contributed by atoms with van der Waals surface area (Å²) in [6.07, 6.45) is 6.79. The second-order valence-electron chi connectivity index (χ2n) is 8.45. The zero-order chi connectivity index (χ0) is 22.7. The average Bonchev–Trinajstić information content (AvgIpc) is 3.12. The van der Waals surface area contributed by atoms with E-state index in [1.165, 1.54) is 12.4 Å². The number of fused-ring (bicyclic) bond motifs is 1. The Morgan fingerprint density at radius 1 is 0.968 bits per heavy atom. The monoisotopic (exact) mass is 423 g/mol. The lowest BCUT2D eigenvalue weighted by Gasteiger charge is -2.15. The molecular formula is C23H29N5O3. The molecule has 2 amide bonds. The molecule has 8 nitrogen and oxygen atoms in total. The molecule has 8 heteroatoms. The highest BCUT2D eigenvalue weighted by Crippen LogP contribution is 2.09. The van der Waals surface area contributed by atoms with Gasteiger partial charge in [0.05, 0.1) is 12.2 Å². The first-order valence-electron chi connectivity index (χ1n) is 10.4. The lowest BCUT2D eigenvalue weighted by molar-refractivity contribution is 0.0946. The normalized spacial score (nSPS) is 11.3. The van der Waals surface area contributed by atoms with Gasteiger partial charge in [-0.3, -0.25) is 14.4 Å². The van der Waals surface area contributed by atoms with Crippen molar-refractivity contribution in [2.45, 2.75) is 47.2 Å². The molecule has 0 bridgehead atoms. The van der Waals surface area contributed by atoms with E-state index in [9.17, 15) is 14.4 Å². The van der Waals surface area contributed by atoms with Gasteiger partial charge in [-0.15, -0.1) is 0 Å². The molecule has 31 heavy (non-hydrogen) atoms. The first-order chi connectivity index (χ1) is 14.7. The van der Waals surface area contributed by atoms with Gasteiger partial charge in [0.2, 0.25) is 5.43 Å². The van der Waals surface area contributed by atoms with Crippen LogP contribution >= 0.6 is 0 Å². The van der Waals surface area contributed by atoms with Crippen LogP contribution in [0.15, 0.2) is 41.7 Å². The molecule has 0 unspecified atom stereocenters. The third kappa shape index (κ3) is 5.20. The largest absolute Gasteiger partial charge is 0.352 e. The molecule has 0 aromatic carbocycles. The number of hydrogen-bond donors (Lipinski definition) is 2. The summed E-state index contributed by atoms with van der Waals surface area (Å²) in [5.41, 5.74) is 1.87. The maximum absolute atomic E-state index is 12.9. The van der Waals surface area contributed by atoms with E-state index in [2.05, 4.69) is 15.6 Å². The van der Waals surface area contributed by atoms with Crippen LogP contribution < -0.4 is 16.1 Å². The Hall–Kier alpha value is -3.42. The average molecular weight is 424 g/mol. The fourth-order valence-electron chi connectivity index (χ4n) is 3.12. The van der Waals surface area contributed by atoms with Gasteiger partial charge in [0.1, 0.15) is 16.8 Å². The zero-order valence-corrected chi connectivity index (χ0v) is 18.6. The molecule has 3 aromatic rings. The summed E-state index contributed by atoms with van der Waals surface area (Å²) in [4.78, 5) is 42.8. The van der Waals surface area contributed by atoms with Gasteiger partial charge in [-0.2, -0.15) is 0 Å². The molecule has 0 saturated carbocycles. The van der Waals surface area contributed by atoms with Gasteiger partial charge in [0, 0.05) is 37.4 Å². The van der Waals surface area contributed by atoms with E-state index >= 15 is 0 Å². The standard InChI is InChI=1S/C23H29N5O3/c1-14(2)8-24-22(30)18-12-27(15(3)4)13-19(21(18)29)23(31)25-9-17-11-28-10-16(5)6-7-20(28)26-17/h6-7,10-15H,8-9H2,1-5H3,(H,24,30)(H,25,31). The summed E-state index contributed by atoms with van der Waals surface area (Å²) in [7, 11) is 0. The summed E-state index contributed by atoms with van der Waals surface area (Å²) in [5, 5.41) is 5.51. The molecule has 0 aliphatic heterocycles. The number of rotatable bonds is 7. The maximum Gasteiger partial charge on any atom is 0.257 e. The molecule has 0 saturated heterocycles. The van der Waals surface area contributed by atoms with Crippen molar-refractivity contribution in [3.63, 3.8) is 0 Å². The Morgan fingerprint density at radius 3 is 2.23 bits per heavy atom. The van der Waals surface area contributed by atoms with Crippen molar-refractivity contribution in [3.05, 3.63) is 69.5 Å². The molecule has 164 valence electrons. The molecular weight excluding hydrogens is 394 g/mol. The van der Waals surface area contributed by atoms with Crippen LogP contribution in [0.5, 0.6) is 0 Å². The molecule has 3 aromatic heterocycles. The highest BCUT2D eigenvalue weighted by atomic mass is 16.2. The van der Waals surface area contributed by atoms with Crippen molar-refractivity contribution < 1.29 is 9.59 Å². The van der Waals surface area contributed by atoms with E-state index in [0.717, 1.165) is 11.2 Å². The van der Waals surface area contributed by atoms with Crippen LogP contribution in [0.2, 0.25) is 0 Å². The highest BCUT2D eigenvalue weighted by molar-refractivity contribution is 5.99. The van der Waals surface area contributed by atoms with Crippen LogP contribution in [0.25, 0.3) is 5.65 Å². The first kappa shape index (κ1) is 22.3. The second kappa shape index (κ2) is 9.16. The van der Waals surface area contributed by atoms with Crippen molar-refractivity contribution in [2.75, 3.05) is 6.54 Å². The SMILES string of the molecule is Cc1ccc2nc(CNC(=O)c3cn(C(C)C)cc(C(=O)NCC(C)C)c3=O)cn2c1. The zero-order valence-electron chi connectivity index (χ0n) is 18.6. The number of imidazole rings is 1. The summed E-state index contributed by atoms with van der Waals surface area (Å²) >= 11 is 0. The number of nitrogens with one attached hydrogen (secondary N) is 2. The Morgan fingerprint density at radius 2 is 1.61 bits per heavy atom. The Labute approximate surface area is 181 Å². The van der Waals surface area contributed by atoms with Gasteiger partial charge in [-0.05, 0) is 38.3 Å². The van der Waals surface area contributed by atoms with Gasteiger partial charge >= 0.3 is 0 Å². The van der Waals surface area contributed by atoms with Crippen molar-refractivity contribution in [3.8, 4) is 0 Å². The molecule has 0 aliphatic rings. The summed E-state index contributed by atoms with van der Waals surface area (Å²) < 4.78 is 3.59. The van der Waals surface area contributed by atoms with Gasteiger partial charge in [0.15, 0.2) is 0 Å². The minimum absolute atomic E-state index is 0.0227.